The Hall–Kier alpha value is -5.63. The third kappa shape index (κ3) is 10.5. The molecular weight excluding hydrogens is 737 g/mol. The van der Waals surface area contributed by atoms with Crippen molar-refractivity contribution in [3.8, 4) is 5.75 Å². The van der Waals surface area contributed by atoms with Gasteiger partial charge in [0.2, 0.25) is 17.7 Å². The van der Waals surface area contributed by atoms with Crippen LogP contribution in [0.1, 0.15) is 89.6 Å². The molecule has 306 valence electrons. The van der Waals surface area contributed by atoms with Crippen molar-refractivity contribution in [2.75, 3.05) is 63.9 Å². The molecule has 1 aromatic carbocycles. The Labute approximate surface area is 340 Å². The molecule has 14 nitrogen and oxygen atoms in total. The molecule has 0 radical (unpaired) electrons. The van der Waals surface area contributed by atoms with E-state index < -0.39 is 11.9 Å². The molecule has 0 saturated carbocycles. The lowest BCUT2D eigenvalue weighted by Crippen LogP contribution is -2.52. The van der Waals surface area contributed by atoms with E-state index in [0.717, 1.165) is 108 Å². The van der Waals surface area contributed by atoms with Gasteiger partial charge in [-0.3, -0.25) is 39.2 Å². The zero-order valence-corrected chi connectivity index (χ0v) is 33.2. The first-order chi connectivity index (χ1) is 28.3. The Balaban J connectivity index is 0.750. The quantitative estimate of drug-likeness (QED) is 0.123. The van der Waals surface area contributed by atoms with Gasteiger partial charge in [-0.2, -0.15) is 0 Å². The highest BCUT2D eigenvalue weighted by Gasteiger charge is 2.40. The van der Waals surface area contributed by atoms with Gasteiger partial charge in [0.15, 0.2) is 0 Å². The van der Waals surface area contributed by atoms with E-state index in [-0.39, 0.29) is 30.0 Å². The molecule has 3 saturated heterocycles. The number of benzene rings is 1. The third-order valence-electron chi connectivity index (χ3n) is 11.7. The monoisotopic (exact) mass is 790 g/mol. The zero-order chi connectivity index (χ0) is 40.3. The van der Waals surface area contributed by atoms with E-state index >= 15 is 0 Å². The number of likely N-dealkylation sites (tertiary alicyclic amines) is 1. The molecule has 4 aliphatic heterocycles. The lowest BCUT2D eigenvalue weighted by atomic mass is 9.91. The molecule has 0 spiro atoms. The van der Waals surface area contributed by atoms with Gasteiger partial charge in [0.25, 0.3) is 11.8 Å². The van der Waals surface area contributed by atoms with Crippen molar-refractivity contribution in [2.24, 2.45) is 5.92 Å². The van der Waals surface area contributed by atoms with Gasteiger partial charge >= 0.3 is 0 Å². The lowest BCUT2D eigenvalue weighted by Gasteiger charge is -2.35. The van der Waals surface area contributed by atoms with Gasteiger partial charge in [0.1, 0.15) is 17.6 Å². The summed E-state index contributed by atoms with van der Waals surface area (Å²) in [6.07, 6.45) is 15.9. The SMILES string of the molecule is O=C(/C=C/c1cccnc1)NCCCCC1CCN(C(=O)c2ccc(N3CCN(CCCCOc4cccc5c4C(=O)N(C4CCC(=O)NC4=O)C5)CC3)nc2)CC1. The number of imide groups is 1. The number of unbranched alkanes of at least 4 members (excludes halogenated alkanes) is 2. The number of ether oxygens (including phenoxy) is 1. The van der Waals surface area contributed by atoms with E-state index in [9.17, 15) is 24.0 Å². The number of pyridine rings is 2. The van der Waals surface area contributed by atoms with E-state index in [1.165, 1.54) is 0 Å². The number of hydrogen-bond acceptors (Lipinski definition) is 10. The number of carbonyl (C=O) groups excluding carboxylic acids is 5. The smallest absolute Gasteiger partial charge is 0.258 e. The number of anilines is 1. The number of piperidine rings is 2. The molecule has 2 aromatic heterocycles. The molecule has 1 unspecified atom stereocenters. The van der Waals surface area contributed by atoms with Crippen LogP contribution in [0, 0.1) is 5.92 Å². The van der Waals surface area contributed by atoms with Crippen LogP contribution in [0.15, 0.2) is 67.1 Å². The van der Waals surface area contributed by atoms with Crippen LogP contribution in [0.25, 0.3) is 6.08 Å². The average Bonchev–Trinajstić information content (AvgIpc) is 3.59. The molecule has 7 rings (SSSR count). The molecule has 1 atom stereocenters. The number of nitrogens with one attached hydrogen (secondary N) is 2. The second-order valence-corrected chi connectivity index (χ2v) is 15.6. The molecule has 58 heavy (non-hydrogen) atoms. The minimum atomic E-state index is -0.644. The molecule has 0 bridgehead atoms. The van der Waals surface area contributed by atoms with Gasteiger partial charge in [0.05, 0.1) is 17.7 Å². The fourth-order valence-corrected chi connectivity index (χ4v) is 8.30. The summed E-state index contributed by atoms with van der Waals surface area (Å²) in [7, 11) is 0. The maximum absolute atomic E-state index is 13.3. The summed E-state index contributed by atoms with van der Waals surface area (Å²) in [5.41, 5.74) is 2.89. The van der Waals surface area contributed by atoms with E-state index in [4.69, 9.17) is 4.74 Å². The summed E-state index contributed by atoms with van der Waals surface area (Å²) < 4.78 is 6.10. The van der Waals surface area contributed by atoms with E-state index in [0.29, 0.717) is 48.9 Å². The molecule has 2 N–H and O–H groups in total. The molecule has 0 aliphatic carbocycles. The molecule has 4 aliphatic rings. The minimum absolute atomic E-state index is 0.0470. The van der Waals surface area contributed by atoms with Crippen LogP contribution < -0.4 is 20.3 Å². The Kier molecular flexibility index (Phi) is 13.8. The van der Waals surface area contributed by atoms with Crippen LogP contribution in [0.4, 0.5) is 5.82 Å². The first-order valence-corrected chi connectivity index (χ1v) is 20.8. The summed E-state index contributed by atoms with van der Waals surface area (Å²) in [5.74, 6) is 1.06. The fourth-order valence-electron chi connectivity index (χ4n) is 8.30. The molecule has 5 amide bonds. The van der Waals surface area contributed by atoms with Gasteiger partial charge in [-0.15, -0.1) is 0 Å². The van der Waals surface area contributed by atoms with Crippen LogP contribution in [-0.4, -0.2) is 119 Å². The summed E-state index contributed by atoms with van der Waals surface area (Å²) in [5, 5.41) is 5.30. The summed E-state index contributed by atoms with van der Waals surface area (Å²) in [4.78, 5) is 79.7. The Morgan fingerprint density at radius 3 is 2.50 bits per heavy atom. The number of fused-ring (bicyclic) bond motifs is 1. The van der Waals surface area contributed by atoms with Crippen LogP contribution >= 0.6 is 0 Å². The number of carbonyl (C=O) groups is 5. The number of amides is 5. The summed E-state index contributed by atoms with van der Waals surface area (Å²) in [6.45, 7) is 7.53. The van der Waals surface area contributed by atoms with Crippen molar-refractivity contribution in [2.45, 2.75) is 70.4 Å². The maximum Gasteiger partial charge on any atom is 0.258 e. The fraction of sp³-hybridized carbons (Fsp3) is 0.477. The van der Waals surface area contributed by atoms with Gasteiger partial charge in [-0.05, 0) is 92.5 Å². The second-order valence-electron chi connectivity index (χ2n) is 15.6. The van der Waals surface area contributed by atoms with Gasteiger partial charge in [-0.1, -0.05) is 31.0 Å². The summed E-state index contributed by atoms with van der Waals surface area (Å²) >= 11 is 0. The van der Waals surface area contributed by atoms with Crippen molar-refractivity contribution < 1.29 is 28.7 Å². The first-order valence-electron chi connectivity index (χ1n) is 20.8. The van der Waals surface area contributed by atoms with Crippen molar-refractivity contribution in [3.05, 3.63) is 89.4 Å². The Bertz CT molecular complexity index is 1940. The second kappa shape index (κ2) is 19.7. The summed E-state index contributed by atoms with van der Waals surface area (Å²) in [6, 6.07) is 12.6. The predicted octanol–water partition coefficient (Wildman–Crippen LogP) is 4.07. The molecule has 6 heterocycles. The molecule has 14 heteroatoms. The Morgan fingerprint density at radius 1 is 0.897 bits per heavy atom. The van der Waals surface area contributed by atoms with Crippen LogP contribution in [0.2, 0.25) is 0 Å². The highest BCUT2D eigenvalue weighted by Crippen LogP contribution is 2.34. The lowest BCUT2D eigenvalue weighted by molar-refractivity contribution is -0.137. The average molecular weight is 791 g/mol. The van der Waals surface area contributed by atoms with Crippen molar-refractivity contribution in [1.82, 2.24) is 35.3 Å². The largest absolute Gasteiger partial charge is 0.493 e. The predicted molar refractivity (Wildman–Crippen MR) is 219 cm³/mol. The third-order valence-corrected chi connectivity index (χ3v) is 11.7. The van der Waals surface area contributed by atoms with Crippen LogP contribution in [0.3, 0.4) is 0 Å². The van der Waals surface area contributed by atoms with Gasteiger partial charge in [-0.25, -0.2) is 4.98 Å². The van der Waals surface area contributed by atoms with E-state index in [2.05, 4.69) is 30.4 Å². The highest BCUT2D eigenvalue weighted by atomic mass is 16.5. The van der Waals surface area contributed by atoms with Crippen molar-refractivity contribution in [3.63, 3.8) is 0 Å². The number of rotatable bonds is 16. The standard InChI is InChI=1S/C44H54N8O6/c53-39(15-11-33-8-6-19-45-29-33)46-20-2-1-7-32-17-22-51(23-18-32)43(56)34-12-14-38(47-30-34)50-26-24-49(25-27-50)21-3-4-28-58-37-10-5-9-35-31-52(44(57)41(35)37)36-13-16-40(54)48-42(36)55/h5-6,8-12,14-15,19,29-30,32,36H,1-4,7,13,16-18,20-28,31H2,(H,46,53)(H,48,54,55)/b15-11+. The van der Waals surface area contributed by atoms with Crippen LogP contribution in [0.5, 0.6) is 5.75 Å². The molecule has 3 fully saturated rings. The Morgan fingerprint density at radius 2 is 1.74 bits per heavy atom. The van der Waals surface area contributed by atoms with Crippen molar-refractivity contribution >= 4 is 41.4 Å². The zero-order valence-electron chi connectivity index (χ0n) is 33.2. The van der Waals surface area contributed by atoms with E-state index in [1.54, 1.807) is 35.6 Å². The van der Waals surface area contributed by atoms with Crippen LogP contribution in [-0.2, 0) is 20.9 Å². The maximum atomic E-state index is 13.3. The van der Waals surface area contributed by atoms with E-state index in [1.807, 2.05) is 47.4 Å². The first kappa shape index (κ1) is 40.6. The number of piperazine rings is 1. The van der Waals surface area contributed by atoms with Gasteiger partial charge in [0, 0.05) is 83.4 Å². The van der Waals surface area contributed by atoms with Gasteiger partial charge < -0.3 is 24.8 Å². The molecule has 3 aromatic rings. The normalized spacial score (nSPS) is 19.1. The minimum Gasteiger partial charge on any atom is -0.493 e. The molecular formula is C44H54N8O6. The number of hydrogen-bond donors (Lipinski definition) is 2. The highest BCUT2D eigenvalue weighted by molar-refractivity contribution is 6.06. The number of aromatic nitrogens is 2. The van der Waals surface area contributed by atoms with Crippen molar-refractivity contribution in [1.29, 1.82) is 0 Å². The topological polar surface area (TPSA) is 157 Å². The number of nitrogens with zero attached hydrogens (tertiary/aromatic N) is 6.